The predicted octanol–water partition coefficient (Wildman–Crippen LogP) is 1.86. The third-order valence-corrected chi connectivity index (χ3v) is 5.00. The van der Waals surface area contributed by atoms with Crippen LogP contribution in [0, 0.1) is 17.2 Å². The Morgan fingerprint density at radius 3 is 3.25 bits per heavy atom. The van der Waals surface area contributed by atoms with Gasteiger partial charge in [-0.25, -0.2) is 15.0 Å². The minimum Gasteiger partial charge on any atom is -0.341 e. The highest BCUT2D eigenvalue weighted by Crippen LogP contribution is 2.37. The van der Waals surface area contributed by atoms with E-state index in [1.54, 1.807) is 18.1 Å². The fourth-order valence-corrected chi connectivity index (χ4v) is 3.81. The summed E-state index contributed by atoms with van der Waals surface area (Å²) in [5.74, 6) is 1.19. The number of thioether (sulfide) groups is 1. The van der Waals surface area contributed by atoms with Gasteiger partial charge < -0.3 is 10.7 Å². The number of fused-ring (bicyclic) bond motifs is 1. The summed E-state index contributed by atoms with van der Waals surface area (Å²) in [4.78, 5) is 15.6. The highest BCUT2D eigenvalue weighted by atomic mass is 32.2. The van der Waals surface area contributed by atoms with Crippen molar-refractivity contribution in [2.24, 2.45) is 11.7 Å². The van der Waals surface area contributed by atoms with Crippen molar-refractivity contribution in [3.63, 3.8) is 0 Å². The molecule has 7 heteroatoms. The van der Waals surface area contributed by atoms with E-state index in [0.29, 0.717) is 11.6 Å². The van der Waals surface area contributed by atoms with Gasteiger partial charge in [0.25, 0.3) is 0 Å². The molecule has 0 bridgehead atoms. The molecule has 1 saturated carbocycles. The average Bonchev–Trinajstić information content (AvgIpc) is 3.07. The third-order valence-electron chi connectivity index (χ3n) is 3.97. The van der Waals surface area contributed by atoms with Crippen molar-refractivity contribution in [1.29, 1.82) is 5.26 Å². The summed E-state index contributed by atoms with van der Waals surface area (Å²) in [6, 6.07) is 2.29. The van der Waals surface area contributed by atoms with Crippen LogP contribution in [0.2, 0.25) is 0 Å². The number of rotatable bonds is 4. The number of nitrogens with two attached hydrogens (primary N) is 1. The lowest BCUT2D eigenvalue weighted by molar-refractivity contribution is 0.389. The molecule has 2 aromatic rings. The van der Waals surface area contributed by atoms with Crippen molar-refractivity contribution in [1.82, 2.24) is 19.9 Å². The Morgan fingerprint density at radius 2 is 2.40 bits per heavy atom. The zero-order valence-corrected chi connectivity index (χ0v) is 11.9. The van der Waals surface area contributed by atoms with Crippen molar-refractivity contribution < 1.29 is 0 Å². The number of nitrogens with one attached hydrogen (secondary N) is 1. The van der Waals surface area contributed by atoms with Gasteiger partial charge in [0.15, 0.2) is 5.65 Å². The van der Waals surface area contributed by atoms with Crippen molar-refractivity contribution in [3.05, 3.63) is 12.7 Å². The SMILES string of the molecule is N#CC1(N)CCCC1CCSc1ncnc2nc[nH]c12. The summed E-state index contributed by atoms with van der Waals surface area (Å²) in [5.41, 5.74) is 7.08. The molecule has 3 rings (SSSR count). The molecule has 2 heterocycles. The molecular weight excluding hydrogens is 272 g/mol. The largest absolute Gasteiger partial charge is 0.341 e. The van der Waals surface area contributed by atoms with Crippen LogP contribution in [0.25, 0.3) is 11.2 Å². The molecule has 3 N–H and O–H groups in total. The quantitative estimate of drug-likeness (QED) is 0.657. The van der Waals surface area contributed by atoms with Crippen LogP contribution in [-0.4, -0.2) is 31.2 Å². The first-order chi connectivity index (χ1) is 9.73. The normalized spacial score (nSPS) is 25.9. The zero-order chi connectivity index (χ0) is 14.0. The van der Waals surface area contributed by atoms with Gasteiger partial charge in [0.2, 0.25) is 0 Å². The van der Waals surface area contributed by atoms with E-state index in [1.807, 2.05) is 0 Å². The monoisotopic (exact) mass is 288 g/mol. The highest BCUT2D eigenvalue weighted by Gasteiger charge is 2.39. The van der Waals surface area contributed by atoms with Gasteiger partial charge in [0.05, 0.1) is 12.4 Å². The molecule has 0 aromatic carbocycles. The second-order valence-corrected chi connectivity index (χ2v) is 6.24. The van der Waals surface area contributed by atoms with Gasteiger partial charge in [-0.15, -0.1) is 11.8 Å². The summed E-state index contributed by atoms with van der Waals surface area (Å²) in [7, 11) is 0. The second-order valence-electron chi connectivity index (χ2n) is 5.16. The number of hydrogen-bond donors (Lipinski definition) is 2. The van der Waals surface area contributed by atoms with Crippen LogP contribution in [0.15, 0.2) is 17.7 Å². The minimum absolute atomic E-state index is 0.291. The van der Waals surface area contributed by atoms with Crippen LogP contribution in [0.1, 0.15) is 25.7 Å². The number of hydrogen-bond acceptors (Lipinski definition) is 6. The fraction of sp³-hybridized carbons (Fsp3) is 0.538. The molecule has 0 aliphatic heterocycles. The molecule has 0 radical (unpaired) electrons. The van der Waals surface area contributed by atoms with E-state index in [4.69, 9.17) is 5.73 Å². The number of aromatic amines is 1. The van der Waals surface area contributed by atoms with Gasteiger partial charge in [-0.2, -0.15) is 5.26 Å². The van der Waals surface area contributed by atoms with Gasteiger partial charge in [0, 0.05) is 0 Å². The summed E-state index contributed by atoms with van der Waals surface area (Å²) in [6.07, 6.45) is 7.02. The molecule has 1 aliphatic rings. The van der Waals surface area contributed by atoms with E-state index in [1.165, 1.54) is 6.33 Å². The molecule has 1 fully saturated rings. The highest BCUT2D eigenvalue weighted by molar-refractivity contribution is 7.99. The van der Waals surface area contributed by atoms with Crippen molar-refractivity contribution >= 4 is 22.9 Å². The lowest BCUT2D eigenvalue weighted by atomic mass is 9.88. The van der Waals surface area contributed by atoms with Gasteiger partial charge >= 0.3 is 0 Å². The van der Waals surface area contributed by atoms with E-state index in [9.17, 15) is 5.26 Å². The van der Waals surface area contributed by atoms with E-state index >= 15 is 0 Å². The average molecular weight is 288 g/mol. The van der Waals surface area contributed by atoms with Crippen molar-refractivity contribution in [2.75, 3.05) is 5.75 Å². The molecule has 2 unspecified atom stereocenters. The fourth-order valence-electron chi connectivity index (χ4n) is 2.80. The van der Waals surface area contributed by atoms with Crippen LogP contribution >= 0.6 is 11.8 Å². The van der Waals surface area contributed by atoms with Gasteiger partial charge in [-0.1, -0.05) is 6.42 Å². The maximum atomic E-state index is 9.21. The first-order valence-electron chi connectivity index (χ1n) is 6.70. The maximum absolute atomic E-state index is 9.21. The van der Waals surface area contributed by atoms with Crippen LogP contribution < -0.4 is 5.73 Å². The molecular formula is C13H16N6S. The molecule has 104 valence electrons. The Hall–Kier alpha value is -1.65. The third kappa shape index (κ3) is 2.37. The lowest BCUT2D eigenvalue weighted by Gasteiger charge is -2.23. The van der Waals surface area contributed by atoms with Crippen LogP contribution in [0.4, 0.5) is 0 Å². The Bertz CT molecular complexity index is 648. The number of nitriles is 1. The number of imidazole rings is 1. The Labute approximate surface area is 121 Å². The summed E-state index contributed by atoms with van der Waals surface area (Å²) >= 11 is 1.67. The predicted molar refractivity (Wildman–Crippen MR) is 76.9 cm³/mol. The minimum atomic E-state index is -0.629. The summed E-state index contributed by atoms with van der Waals surface area (Å²) in [5, 5.41) is 10.1. The summed E-state index contributed by atoms with van der Waals surface area (Å²) < 4.78 is 0. The second kappa shape index (κ2) is 5.38. The van der Waals surface area contributed by atoms with E-state index in [-0.39, 0.29) is 0 Å². The Kier molecular flexibility index (Phi) is 3.59. The first kappa shape index (κ1) is 13.3. The van der Waals surface area contributed by atoms with Crippen LogP contribution in [0.5, 0.6) is 0 Å². The van der Waals surface area contributed by atoms with E-state index in [2.05, 4.69) is 26.0 Å². The van der Waals surface area contributed by atoms with E-state index < -0.39 is 5.54 Å². The van der Waals surface area contributed by atoms with Crippen molar-refractivity contribution in [3.8, 4) is 6.07 Å². The molecule has 2 aromatic heterocycles. The molecule has 0 saturated heterocycles. The zero-order valence-electron chi connectivity index (χ0n) is 11.0. The van der Waals surface area contributed by atoms with Gasteiger partial charge in [-0.05, 0) is 30.9 Å². The van der Waals surface area contributed by atoms with Gasteiger partial charge in [-0.3, -0.25) is 0 Å². The first-order valence-corrected chi connectivity index (χ1v) is 7.68. The summed E-state index contributed by atoms with van der Waals surface area (Å²) in [6.45, 7) is 0. The molecule has 0 spiro atoms. The maximum Gasteiger partial charge on any atom is 0.181 e. The Balaban J connectivity index is 1.63. The van der Waals surface area contributed by atoms with Gasteiger partial charge in [0.1, 0.15) is 22.4 Å². The Morgan fingerprint density at radius 1 is 1.50 bits per heavy atom. The van der Waals surface area contributed by atoms with E-state index in [0.717, 1.165) is 42.0 Å². The lowest BCUT2D eigenvalue weighted by Crippen LogP contribution is -2.41. The smallest absolute Gasteiger partial charge is 0.181 e. The molecule has 6 nitrogen and oxygen atoms in total. The standard InChI is InChI=1S/C13H16N6S/c14-6-13(15)4-1-2-9(13)3-5-20-12-10-11(17-7-16-10)18-8-19-12/h7-9H,1-5,15H2,(H,16,17,18,19). The molecule has 20 heavy (non-hydrogen) atoms. The van der Waals surface area contributed by atoms with Crippen molar-refractivity contribution in [2.45, 2.75) is 36.2 Å². The topological polar surface area (TPSA) is 104 Å². The van der Waals surface area contributed by atoms with Crippen LogP contribution in [0.3, 0.4) is 0 Å². The molecule has 2 atom stereocenters. The number of nitrogens with zero attached hydrogens (tertiary/aromatic N) is 4. The number of H-pyrrole nitrogens is 1. The van der Waals surface area contributed by atoms with Crippen LogP contribution in [-0.2, 0) is 0 Å². The molecule has 0 amide bonds. The molecule has 1 aliphatic carbocycles. The number of aromatic nitrogens is 4.